The molecule has 2 aromatic carbocycles. The van der Waals surface area contributed by atoms with Gasteiger partial charge in [-0.1, -0.05) is 23.7 Å². The molecule has 0 amide bonds. The van der Waals surface area contributed by atoms with Crippen LogP contribution in [0.1, 0.15) is 11.3 Å². The summed E-state index contributed by atoms with van der Waals surface area (Å²) in [7, 11) is 0. The molecule has 128 valence electrons. The third-order valence-corrected chi connectivity index (χ3v) is 3.83. The average Bonchev–Trinajstić information content (AvgIpc) is 2.58. The molecule has 25 heavy (non-hydrogen) atoms. The Kier molecular flexibility index (Phi) is 5.46. The number of hydrogen-bond acceptors (Lipinski definition) is 4. The Labute approximate surface area is 151 Å². The van der Waals surface area contributed by atoms with E-state index in [4.69, 9.17) is 11.6 Å². The minimum absolute atomic E-state index is 0.269. The molecule has 4 nitrogen and oxygen atoms in total. The number of aromatic nitrogens is 2. The van der Waals surface area contributed by atoms with Crippen LogP contribution >= 0.6 is 11.6 Å². The maximum Gasteiger partial charge on any atom is 0.224 e. The topological polar surface area (TPSA) is 49.8 Å². The van der Waals surface area contributed by atoms with Gasteiger partial charge in [0.15, 0.2) is 0 Å². The third kappa shape index (κ3) is 5.16. The number of nitrogens with one attached hydrogen (secondary N) is 2. The number of benzene rings is 2. The minimum Gasteiger partial charge on any atom is -0.354 e. The summed E-state index contributed by atoms with van der Waals surface area (Å²) in [5.74, 6) is 0.945. The van der Waals surface area contributed by atoms with Gasteiger partial charge in [0.2, 0.25) is 5.95 Å². The van der Waals surface area contributed by atoms with E-state index in [-0.39, 0.29) is 5.82 Å². The molecule has 0 aliphatic carbocycles. The molecule has 0 aliphatic rings. The van der Waals surface area contributed by atoms with Crippen LogP contribution in [-0.4, -0.2) is 16.5 Å². The monoisotopic (exact) mass is 356 g/mol. The van der Waals surface area contributed by atoms with Crippen molar-refractivity contribution < 1.29 is 4.39 Å². The molecule has 0 unspecified atom stereocenters. The maximum atomic E-state index is 13.0. The van der Waals surface area contributed by atoms with Crippen LogP contribution in [0.25, 0.3) is 0 Å². The van der Waals surface area contributed by atoms with E-state index >= 15 is 0 Å². The van der Waals surface area contributed by atoms with E-state index in [2.05, 4.69) is 20.6 Å². The second-order valence-corrected chi connectivity index (χ2v) is 6.09. The van der Waals surface area contributed by atoms with Gasteiger partial charge in [0.05, 0.1) is 0 Å². The molecule has 6 heteroatoms. The van der Waals surface area contributed by atoms with Crippen LogP contribution in [0.4, 0.5) is 21.8 Å². The van der Waals surface area contributed by atoms with Gasteiger partial charge in [0, 0.05) is 29.0 Å². The molecule has 0 saturated carbocycles. The van der Waals surface area contributed by atoms with Crippen molar-refractivity contribution in [3.8, 4) is 0 Å². The van der Waals surface area contributed by atoms with Crippen molar-refractivity contribution >= 4 is 29.1 Å². The Balaban J connectivity index is 1.62. The van der Waals surface area contributed by atoms with E-state index < -0.39 is 0 Å². The van der Waals surface area contributed by atoms with Gasteiger partial charge in [0.1, 0.15) is 11.6 Å². The van der Waals surface area contributed by atoms with E-state index in [1.165, 1.54) is 17.7 Å². The summed E-state index contributed by atoms with van der Waals surface area (Å²) in [6.45, 7) is 2.61. The second-order valence-electron chi connectivity index (χ2n) is 5.65. The van der Waals surface area contributed by atoms with Crippen molar-refractivity contribution in [3.05, 3.63) is 76.7 Å². The van der Waals surface area contributed by atoms with Gasteiger partial charge in [-0.25, -0.2) is 9.37 Å². The molecule has 0 saturated heterocycles. The highest BCUT2D eigenvalue weighted by Gasteiger charge is 2.03. The molecule has 0 atom stereocenters. The lowest BCUT2D eigenvalue weighted by Crippen LogP contribution is -2.09. The van der Waals surface area contributed by atoms with Crippen LogP contribution in [0.5, 0.6) is 0 Å². The van der Waals surface area contributed by atoms with E-state index in [9.17, 15) is 4.39 Å². The third-order valence-electron chi connectivity index (χ3n) is 3.58. The summed E-state index contributed by atoms with van der Waals surface area (Å²) in [4.78, 5) is 8.84. The molecule has 0 radical (unpaired) electrons. The van der Waals surface area contributed by atoms with E-state index in [0.29, 0.717) is 18.3 Å². The fourth-order valence-electron chi connectivity index (χ4n) is 2.36. The van der Waals surface area contributed by atoms with Gasteiger partial charge in [-0.15, -0.1) is 0 Å². The molecule has 0 spiro atoms. The lowest BCUT2D eigenvalue weighted by molar-refractivity contribution is 0.628. The molecule has 1 heterocycles. The zero-order chi connectivity index (χ0) is 17.6. The first-order chi connectivity index (χ1) is 12.1. The number of halogens is 2. The van der Waals surface area contributed by atoms with Gasteiger partial charge >= 0.3 is 0 Å². The van der Waals surface area contributed by atoms with Crippen LogP contribution in [0.3, 0.4) is 0 Å². The molecule has 3 aromatic rings. The fourth-order valence-corrected chi connectivity index (χ4v) is 2.49. The quantitative estimate of drug-likeness (QED) is 0.654. The smallest absolute Gasteiger partial charge is 0.224 e. The summed E-state index contributed by atoms with van der Waals surface area (Å²) in [6.07, 6.45) is 0.842. The Bertz CT molecular complexity index is 835. The van der Waals surface area contributed by atoms with Crippen molar-refractivity contribution in [3.63, 3.8) is 0 Å². The van der Waals surface area contributed by atoms with Crippen molar-refractivity contribution in [1.29, 1.82) is 0 Å². The van der Waals surface area contributed by atoms with Crippen molar-refractivity contribution in [2.75, 3.05) is 17.2 Å². The zero-order valence-corrected chi connectivity index (χ0v) is 14.5. The van der Waals surface area contributed by atoms with Crippen LogP contribution in [0.15, 0.2) is 54.6 Å². The Morgan fingerprint density at radius 3 is 2.44 bits per heavy atom. The number of anilines is 3. The highest BCUT2D eigenvalue weighted by atomic mass is 35.5. The first-order valence-electron chi connectivity index (χ1n) is 7.95. The summed E-state index contributed by atoms with van der Waals surface area (Å²) in [5.41, 5.74) is 2.80. The van der Waals surface area contributed by atoms with Crippen LogP contribution in [-0.2, 0) is 6.42 Å². The van der Waals surface area contributed by atoms with Gasteiger partial charge in [0.25, 0.3) is 0 Å². The summed E-state index contributed by atoms with van der Waals surface area (Å²) in [5, 5.41) is 7.11. The maximum absolute atomic E-state index is 13.0. The molecule has 0 bridgehead atoms. The Morgan fingerprint density at radius 1 is 1.00 bits per heavy atom. The largest absolute Gasteiger partial charge is 0.354 e. The second kappa shape index (κ2) is 7.94. The molecular weight excluding hydrogens is 339 g/mol. The van der Waals surface area contributed by atoms with E-state index in [1.54, 1.807) is 12.1 Å². The number of aryl methyl sites for hydroxylation is 1. The molecular formula is C19H18ClFN4. The van der Waals surface area contributed by atoms with Gasteiger partial charge < -0.3 is 10.6 Å². The lowest BCUT2D eigenvalue weighted by Gasteiger charge is -2.10. The van der Waals surface area contributed by atoms with Crippen LogP contribution in [0.2, 0.25) is 5.02 Å². The van der Waals surface area contributed by atoms with Crippen molar-refractivity contribution in [1.82, 2.24) is 9.97 Å². The first-order valence-corrected chi connectivity index (χ1v) is 8.33. The molecule has 2 N–H and O–H groups in total. The van der Waals surface area contributed by atoms with Crippen molar-refractivity contribution in [2.45, 2.75) is 13.3 Å². The van der Waals surface area contributed by atoms with Gasteiger partial charge in [-0.2, -0.15) is 4.98 Å². The zero-order valence-electron chi connectivity index (χ0n) is 13.8. The number of hydrogen-bond donors (Lipinski definition) is 2. The molecule has 3 rings (SSSR count). The lowest BCUT2D eigenvalue weighted by atomic mass is 10.1. The first kappa shape index (κ1) is 17.2. The predicted octanol–water partition coefficient (Wildman–Crippen LogP) is 4.98. The highest BCUT2D eigenvalue weighted by molar-refractivity contribution is 6.30. The van der Waals surface area contributed by atoms with E-state index in [1.807, 2.05) is 37.3 Å². The minimum atomic E-state index is -0.269. The summed E-state index contributed by atoms with van der Waals surface area (Å²) < 4.78 is 13.0. The standard InChI is InChI=1S/C19H18ClFN4/c1-13-12-18(24-17-8-6-16(21)7-9-17)25-19(23-13)22-11-10-14-2-4-15(20)5-3-14/h2-9,12H,10-11H2,1H3,(H2,22,23,24,25). The Morgan fingerprint density at radius 2 is 1.72 bits per heavy atom. The van der Waals surface area contributed by atoms with Crippen molar-refractivity contribution in [2.24, 2.45) is 0 Å². The van der Waals surface area contributed by atoms with E-state index in [0.717, 1.165) is 22.8 Å². The molecule has 0 aliphatic heterocycles. The molecule has 1 aromatic heterocycles. The fraction of sp³-hybridized carbons (Fsp3) is 0.158. The predicted molar refractivity (Wildman–Crippen MR) is 100 cm³/mol. The summed E-state index contributed by atoms with van der Waals surface area (Å²) in [6, 6.07) is 15.7. The van der Waals surface area contributed by atoms with Crippen LogP contribution in [0, 0.1) is 12.7 Å². The normalized spacial score (nSPS) is 10.5. The molecule has 0 fully saturated rings. The van der Waals surface area contributed by atoms with Crippen LogP contribution < -0.4 is 10.6 Å². The van der Waals surface area contributed by atoms with Gasteiger partial charge in [-0.05, 0) is 55.3 Å². The van der Waals surface area contributed by atoms with Gasteiger partial charge in [-0.3, -0.25) is 0 Å². The Hall–Kier alpha value is -2.66. The summed E-state index contributed by atoms with van der Waals surface area (Å²) >= 11 is 5.89. The SMILES string of the molecule is Cc1cc(Nc2ccc(F)cc2)nc(NCCc2ccc(Cl)cc2)n1. The highest BCUT2D eigenvalue weighted by Crippen LogP contribution is 2.17. The average molecular weight is 357 g/mol. The number of rotatable bonds is 6. The number of nitrogens with zero attached hydrogens (tertiary/aromatic N) is 2.